The van der Waals surface area contributed by atoms with Crippen molar-refractivity contribution in [1.29, 1.82) is 0 Å². The lowest BCUT2D eigenvalue weighted by molar-refractivity contribution is 0.102. The van der Waals surface area contributed by atoms with Crippen molar-refractivity contribution < 1.29 is 13.5 Å². The van der Waals surface area contributed by atoms with Gasteiger partial charge in [0.25, 0.3) is 0 Å². The Morgan fingerprint density at radius 2 is 2.00 bits per heavy atom. The minimum atomic E-state index is -3.21. The lowest BCUT2D eigenvalue weighted by atomic mass is 9.67. The topological polar surface area (TPSA) is 66.4 Å². The van der Waals surface area contributed by atoms with Crippen LogP contribution < -0.4 is 5.32 Å². The Kier molecular flexibility index (Phi) is 4.16. The van der Waals surface area contributed by atoms with E-state index >= 15 is 0 Å². The first kappa shape index (κ1) is 14.3. The van der Waals surface area contributed by atoms with Gasteiger partial charge in [0.1, 0.15) is 0 Å². The second-order valence-electron chi connectivity index (χ2n) is 5.45. The van der Waals surface area contributed by atoms with Gasteiger partial charge in [0.15, 0.2) is 9.84 Å². The highest BCUT2D eigenvalue weighted by Crippen LogP contribution is 2.44. The van der Waals surface area contributed by atoms with Gasteiger partial charge in [0.05, 0.1) is 10.6 Å². The van der Waals surface area contributed by atoms with Crippen molar-refractivity contribution >= 4 is 15.5 Å². The number of hydrogen-bond donors (Lipinski definition) is 2. The first-order valence-corrected chi connectivity index (χ1v) is 8.50. The molecule has 0 saturated heterocycles. The van der Waals surface area contributed by atoms with Crippen LogP contribution in [0, 0.1) is 5.41 Å². The van der Waals surface area contributed by atoms with E-state index in [1.807, 2.05) is 6.07 Å². The molecule has 5 heteroatoms. The maximum Gasteiger partial charge on any atom is 0.177 e. The summed E-state index contributed by atoms with van der Waals surface area (Å²) in [5.74, 6) is 0. The number of hydrogen-bond acceptors (Lipinski definition) is 4. The second-order valence-corrected chi connectivity index (χ2v) is 7.43. The van der Waals surface area contributed by atoms with Crippen LogP contribution in [-0.4, -0.2) is 32.9 Å². The summed E-state index contributed by atoms with van der Waals surface area (Å²) in [7, 11) is -3.21. The van der Waals surface area contributed by atoms with Crippen LogP contribution in [0.3, 0.4) is 0 Å². The van der Waals surface area contributed by atoms with E-state index in [0.717, 1.165) is 25.8 Å². The van der Waals surface area contributed by atoms with E-state index < -0.39 is 9.84 Å². The Morgan fingerprint density at radius 1 is 1.32 bits per heavy atom. The molecule has 0 aliphatic heterocycles. The van der Waals surface area contributed by atoms with Gasteiger partial charge in [-0.2, -0.15) is 0 Å². The van der Waals surface area contributed by atoms with E-state index in [9.17, 15) is 8.42 Å². The molecule has 0 bridgehead atoms. The van der Waals surface area contributed by atoms with Crippen molar-refractivity contribution in [1.82, 2.24) is 0 Å². The molecule has 2 N–H and O–H groups in total. The van der Waals surface area contributed by atoms with Gasteiger partial charge >= 0.3 is 0 Å². The summed E-state index contributed by atoms with van der Waals surface area (Å²) in [5, 5.41) is 12.4. The molecule has 0 atom stereocenters. The zero-order chi connectivity index (χ0) is 13.9. The third-order valence-electron chi connectivity index (χ3n) is 4.00. The lowest BCUT2D eigenvalue weighted by Gasteiger charge is -2.42. The number of para-hydroxylation sites is 1. The van der Waals surface area contributed by atoms with Crippen LogP contribution in [0.1, 0.15) is 25.7 Å². The summed E-state index contributed by atoms with van der Waals surface area (Å²) < 4.78 is 23.4. The second kappa shape index (κ2) is 5.51. The van der Waals surface area contributed by atoms with Crippen LogP contribution in [-0.2, 0) is 9.84 Å². The van der Waals surface area contributed by atoms with Crippen molar-refractivity contribution in [2.45, 2.75) is 30.6 Å². The van der Waals surface area contributed by atoms with Gasteiger partial charge in [-0.15, -0.1) is 0 Å². The molecule has 1 aliphatic carbocycles. The molecular formula is C14H21NO3S. The predicted molar refractivity (Wildman–Crippen MR) is 76.0 cm³/mol. The van der Waals surface area contributed by atoms with E-state index in [4.69, 9.17) is 5.11 Å². The molecule has 0 amide bonds. The molecule has 0 unspecified atom stereocenters. The molecule has 19 heavy (non-hydrogen) atoms. The van der Waals surface area contributed by atoms with Gasteiger partial charge in [-0.25, -0.2) is 8.42 Å². The monoisotopic (exact) mass is 283 g/mol. The van der Waals surface area contributed by atoms with Crippen LogP contribution in [0.2, 0.25) is 0 Å². The first-order valence-electron chi connectivity index (χ1n) is 6.61. The minimum absolute atomic E-state index is 0.138. The normalized spacial score (nSPS) is 17.8. The van der Waals surface area contributed by atoms with Crippen molar-refractivity contribution in [2.75, 3.05) is 24.7 Å². The van der Waals surface area contributed by atoms with E-state index in [1.165, 1.54) is 12.7 Å². The van der Waals surface area contributed by atoms with Gasteiger partial charge < -0.3 is 10.4 Å². The maximum atomic E-state index is 11.7. The number of aliphatic hydroxyl groups is 1. The van der Waals surface area contributed by atoms with E-state index in [-0.39, 0.29) is 12.0 Å². The molecule has 0 heterocycles. The molecule has 1 fully saturated rings. The van der Waals surface area contributed by atoms with Crippen molar-refractivity contribution in [3.05, 3.63) is 24.3 Å². The van der Waals surface area contributed by atoms with Crippen LogP contribution >= 0.6 is 0 Å². The zero-order valence-corrected chi connectivity index (χ0v) is 12.0. The Bertz CT molecular complexity index is 535. The Hall–Kier alpha value is -1.07. The smallest absolute Gasteiger partial charge is 0.177 e. The van der Waals surface area contributed by atoms with E-state index in [0.29, 0.717) is 10.6 Å². The minimum Gasteiger partial charge on any atom is -0.396 e. The fraction of sp³-hybridized carbons (Fsp3) is 0.571. The third-order valence-corrected chi connectivity index (χ3v) is 5.15. The Morgan fingerprint density at radius 3 is 2.53 bits per heavy atom. The quantitative estimate of drug-likeness (QED) is 0.838. The molecule has 0 spiro atoms. The van der Waals surface area contributed by atoms with Crippen LogP contribution in [0.25, 0.3) is 0 Å². The molecular weight excluding hydrogens is 262 g/mol. The van der Waals surface area contributed by atoms with Gasteiger partial charge in [0, 0.05) is 19.4 Å². The first-order chi connectivity index (χ1) is 8.97. The van der Waals surface area contributed by atoms with Gasteiger partial charge in [-0.1, -0.05) is 18.6 Å². The summed E-state index contributed by atoms with van der Waals surface area (Å²) >= 11 is 0. The summed E-state index contributed by atoms with van der Waals surface area (Å²) in [6, 6.07) is 6.98. The molecule has 1 aromatic carbocycles. The largest absolute Gasteiger partial charge is 0.396 e. The van der Waals surface area contributed by atoms with E-state index in [1.54, 1.807) is 18.2 Å². The van der Waals surface area contributed by atoms with E-state index in [2.05, 4.69) is 5.32 Å². The predicted octanol–water partition coefficient (Wildman–Crippen LogP) is 2.05. The molecule has 4 nitrogen and oxygen atoms in total. The van der Waals surface area contributed by atoms with Crippen molar-refractivity contribution in [2.24, 2.45) is 5.41 Å². The number of benzene rings is 1. The number of sulfone groups is 1. The SMILES string of the molecule is CS(=O)(=O)c1ccccc1NCC1(CCO)CCC1. The number of anilines is 1. The lowest BCUT2D eigenvalue weighted by Crippen LogP contribution is -2.37. The van der Waals surface area contributed by atoms with Crippen molar-refractivity contribution in [3.63, 3.8) is 0 Å². The molecule has 2 rings (SSSR count). The average molecular weight is 283 g/mol. The molecule has 1 saturated carbocycles. The summed E-state index contributed by atoms with van der Waals surface area (Å²) in [6.07, 6.45) is 5.39. The van der Waals surface area contributed by atoms with Crippen LogP contribution in [0.4, 0.5) is 5.69 Å². The number of nitrogens with one attached hydrogen (secondary N) is 1. The Balaban J connectivity index is 2.12. The van der Waals surface area contributed by atoms with Crippen molar-refractivity contribution in [3.8, 4) is 0 Å². The summed E-state index contributed by atoms with van der Waals surface area (Å²) in [4.78, 5) is 0.341. The fourth-order valence-corrected chi connectivity index (χ4v) is 3.51. The van der Waals surface area contributed by atoms with Crippen LogP contribution in [0.5, 0.6) is 0 Å². The third kappa shape index (κ3) is 3.28. The standard InChI is InChI=1S/C14H21NO3S/c1-19(17,18)13-6-3-2-5-12(13)15-11-14(9-10-16)7-4-8-14/h2-3,5-6,15-16H,4,7-11H2,1H3. The molecule has 0 radical (unpaired) electrons. The van der Waals surface area contributed by atoms with Gasteiger partial charge in [-0.3, -0.25) is 0 Å². The summed E-state index contributed by atoms with van der Waals surface area (Å²) in [6.45, 7) is 0.912. The highest BCUT2D eigenvalue weighted by atomic mass is 32.2. The molecule has 0 aromatic heterocycles. The molecule has 1 aliphatic rings. The average Bonchev–Trinajstić information content (AvgIpc) is 2.31. The van der Waals surface area contributed by atoms with Crippen LogP contribution in [0.15, 0.2) is 29.2 Å². The van der Waals surface area contributed by atoms with Gasteiger partial charge in [0.2, 0.25) is 0 Å². The number of rotatable bonds is 6. The maximum absolute atomic E-state index is 11.7. The zero-order valence-electron chi connectivity index (χ0n) is 11.2. The molecule has 106 valence electrons. The van der Waals surface area contributed by atoms with Gasteiger partial charge in [-0.05, 0) is 36.8 Å². The Labute approximate surface area is 114 Å². The highest BCUT2D eigenvalue weighted by molar-refractivity contribution is 7.90. The fourth-order valence-electron chi connectivity index (χ4n) is 2.65. The molecule has 1 aromatic rings. The number of aliphatic hydroxyl groups excluding tert-OH is 1. The summed E-state index contributed by atoms with van der Waals surface area (Å²) in [5.41, 5.74) is 0.800. The highest BCUT2D eigenvalue weighted by Gasteiger charge is 2.36.